The number of rotatable bonds is 5. The van der Waals surface area contributed by atoms with Crippen LogP contribution in [0.4, 0.5) is 10.2 Å². The van der Waals surface area contributed by atoms with Gasteiger partial charge in [-0.3, -0.25) is 9.40 Å². The van der Waals surface area contributed by atoms with Crippen LogP contribution >= 0.6 is 27.5 Å². The van der Waals surface area contributed by atoms with Crippen LogP contribution in [0.1, 0.15) is 5.56 Å². The minimum atomic E-state index is -3.86. The van der Waals surface area contributed by atoms with Gasteiger partial charge >= 0.3 is 0 Å². The first-order chi connectivity index (χ1) is 11.8. The smallest absolute Gasteiger partial charge is 0.263 e. The lowest BCUT2D eigenvalue weighted by Gasteiger charge is -2.06. The average molecular weight is 445 g/mol. The van der Waals surface area contributed by atoms with Crippen molar-refractivity contribution in [2.45, 2.75) is 11.4 Å². The van der Waals surface area contributed by atoms with E-state index in [1.165, 1.54) is 12.1 Å². The van der Waals surface area contributed by atoms with Crippen molar-refractivity contribution in [2.24, 2.45) is 0 Å². The first kappa shape index (κ1) is 17.9. The fourth-order valence-electron chi connectivity index (χ4n) is 2.12. The van der Waals surface area contributed by atoms with Gasteiger partial charge in [0.15, 0.2) is 5.82 Å². The molecule has 2 aromatic carbocycles. The molecule has 0 aliphatic heterocycles. The van der Waals surface area contributed by atoms with Gasteiger partial charge in [-0.15, -0.1) is 0 Å². The Morgan fingerprint density at radius 1 is 1.12 bits per heavy atom. The maximum absolute atomic E-state index is 13.0. The molecule has 0 saturated carbocycles. The van der Waals surface area contributed by atoms with E-state index in [4.69, 9.17) is 11.6 Å². The lowest BCUT2D eigenvalue weighted by Crippen LogP contribution is -2.14. The first-order valence-electron chi connectivity index (χ1n) is 7.09. The summed E-state index contributed by atoms with van der Waals surface area (Å²) in [7, 11) is -3.86. The van der Waals surface area contributed by atoms with Crippen LogP contribution in [0, 0.1) is 5.82 Å². The van der Waals surface area contributed by atoms with Gasteiger partial charge in [-0.1, -0.05) is 23.7 Å². The van der Waals surface area contributed by atoms with E-state index < -0.39 is 15.8 Å². The lowest BCUT2D eigenvalue weighted by atomic mass is 10.2. The third kappa shape index (κ3) is 4.39. The van der Waals surface area contributed by atoms with Gasteiger partial charge in [-0.05, 0) is 57.9 Å². The minimum Gasteiger partial charge on any atom is -0.265 e. The van der Waals surface area contributed by atoms with Crippen LogP contribution in [-0.2, 0) is 16.6 Å². The van der Waals surface area contributed by atoms with Gasteiger partial charge in [-0.25, -0.2) is 12.8 Å². The van der Waals surface area contributed by atoms with Crippen LogP contribution in [0.3, 0.4) is 0 Å². The number of benzene rings is 2. The highest BCUT2D eigenvalue weighted by Crippen LogP contribution is 2.24. The summed E-state index contributed by atoms with van der Waals surface area (Å²) < 4.78 is 42.1. The molecule has 0 spiro atoms. The summed E-state index contributed by atoms with van der Waals surface area (Å²) in [6.45, 7) is 0.452. The zero-order chi connectivity index (χ0) is 18.0. The van der Waals surface area contributed by atoms with E-state index in [9.17, 15) is 12.8 Å². The van der Waals surface area contributed by atoms with Crippen LogP contribution in [-0.4, -0.2) is 18.2 Å². The predicted octanol–water partition coefficient (Wildman–Crippen LogP) is 4.29. The van der Waals surface area contributed by atoms with Gasteiger partial charge in [0, 0.05) is 11.2 Å². The van der Waals surface area contributed by atoms with E-state index in [0.29, 0.717) is 16.0 Å². The average Bonchev–Trinajstić information content (AvgIpc) is 2.89. The van der Waals surface area contributed by atoms with Crippen molar-refractivity contribution in [2.75, 3.05) is 4.72 Å². The Morgan fingerprint density at radius 3 is 2.40 bits per heavy atom. The van der Waals surface area contributed by atoms with Gasteiger partial charge in [0.1, 0.15) is 5.82 Å². The van der Waals surface area contributed by atoms with Gasteiger partial charge in [0.05, 0.1) is 15.9 Å². The van der Waals surface area contributed by atoms with E-state index in [0.717, 1.165) is 17.7 Å². The van der Waals surface area contributed by atoms with E-state index in [2.05, 4.69) is 25.8 Å². The van der Waals surface area contributed by atoms with Crippen LogP contribution < -0.4 is 4.72 Å². The zero-order valence-corrected chi connectivity index (χ0v) is 15.8. The molecule has 130 valence electrons. The molecule has 0 aliphatic rings. The predicted molar refractivity (Wildman–Crippen MR) is 97.7 cm³/mol. The molecule has 0 saturated heterocycles. The molecule has 1 heterocycles. The topological polar surface area (TPSA) is 64.0 Å². The van der Waals surface area contributed by atoms with Gasteiger partial charge in [0.2, 0.25) is 0 Å². The van der Waals surface area contributed by atoms with Crippen molar-refractivity contribution in [3.8, 4) is 0 Å². The largest absolute Gasteiger partial charge is 0.265 e. The molecule has 0 aliphatic carbocycles. The van der Waals surface area contributed by atoms with Crippen LogP contribution in [0.5, 0.6) is 0 Å². The monoisotopic (exact) mass is 443 g/mol. The van der Waals surface area contributed by atoms with Crippen molar-refractivity contribution in [1.82, 2.24) is 9.78 Å². The van der Waals surface area contributed by atoms with Gasteiger partial charge < -0.3 is 0 Å². The second kappa shape index (κ2) is 7.15. The maximum Gasteiger partial charge on any atom is 0.263 e. The molecular weight excluding hydrogens is 433 g/mol. The molecule has 0 unspecified atom stereocenters. The van der Waals surface area contributed by atoms with Gasteiger partial charge in [-0.2, -0.15) is 5.10 Å². The van der Waals surface area contributed by atoms with Crippen molar-refractivity contribution in [1.29, 1.82) is 0 Å². The zero-order valence-electron chi connectivity index (χ0n) is 12.7. The molecule has 9 heteroatoms. The van der Waals surface area contributed by atoms with E-state index in [1.54, 1.807) is 23.0 Å². The molecule has 5 nitrogen and oxygen atoms in total. The second-order valence-electron chi connectivity index (χ2n) is 5.21. The normalized spacial score (nSPS) is 11.5. The number of hydrogen-bond acceptors (Lipinski definition) is 3. The highest BCUT2D eigenvalue weighted by molar-refractivity contribution is 9.10. The van der Waals surface area contributed by atoms with E-state index in [1.807, 2.05) is 12.1 Å². The van der Waals surface area contributed by atoms with Crippen molar-refractivity contribution in [3.63, 3.8) is 0 Å². The van der Waals surface area contributed by atoms with Crippen molar-refractivity contribution >= 4 is 43.4 Å². The summed E-state index contributed by atoms with van der Waals surface area (Å²) in [6, 6.07) is 11.8. The number of nitrogens with one attached hydrogen (secondary N) is 1. The van der Waals surface area contributed by atoms with Gasteiger partial charge in [0.25, 0.3) is 10.0 Å². The summed E-state index contributed by atoms with van der Waals surface area (Å²) in [4.78, 5) is -0.0481. The number of hydrogen-bond donors (Lipinski definition) is 1. The van der Waals surface area contributed by atoms with Crippen molar-refractivity contribution < 1.29 is 12.8 Å². The Balaban J connectivity index is 1.80. The fourth-order valence-corrected chi connectivity index (χ4v) is 3.81. The fraction of sp³-hybridized carbons (Fsp3) is 0.0625. The Hall–Kier alpha value is -1.90. The first-order valence-corrected chi connectivity index (χ1v) is 9.75. The third-order valence-corrected chi connectivity index (χ3v) is 5.52. The molecule has 0 atom stereocenters. The maximum atomic E-state index is 13.0. The highest BCUT2D eigenvalue weighted by atomic mass is 79.9. The third-order valence-electron chi connectivity index (χ3n) is 3.33. The highest BCUT2D eigenvalue weighted by Gasteiger charge is 2.18. The lowest BCUT2D eigenvalue weighted by molar-refractivity contribution is 0.599. The standard InChI is InChI=1S/C16H12BrClFN3O2S/c17-15-10-22(9-11-1-3-12(18)4-2-11)20-16(15)21-25(23,24)14-7-5-13(19)6-8-14/h1-8,10H,9H2,(H,20,21). The molecule has 3 rings (SSSR count). The molecule has 1 N–H and O–H groups in total. The Bertz CT molecular complexity index is 989. The second-order valence-corrected chi connectivity index (χ2v) is 8.18. The summed E-state index contributed by atoms with van der Waals surface area (Å²) in [5, 5.41) is 4.87. The molecule has 1 aromatic heterocycles. The number of aromatic nitrogens is 2. The number of sulfonamides is 1. The molecule has 0 fully saturated rings. The number of anilines is 1. The molecule has 0 bridgehead atoms. The SMILES string of the molecule is O=S(=O)(Nc1nn(Cc2ccc(Cl)cc2)cc1Br)c1ccc(F)cc1. The quantitative estimate of drug-likeness (QED) is 0.638. The molecular formula is C16H12BrClFN3O2S. The van der Waals surface area contributed by atoms with Crippen LogP contribution in [0.15, 0.2) is 64.1 Å². The summed E-state index contributed by atoms with van der Waals surface area (Å²) in [6.07, 6.45) is 1.66. The Morgan fingerprint density at radius 2 is 1.76 bits per heavy atom. The number of nitrogens with zero attached hydrogens (tertiary/aromatic N) is 2. The van der Waals surface area contributed by atoms with Crippen LogP contribution in [0.25, 0.3) is 0 Å². The Kier molecular flexibility index (Phi) is 5.12. The Labute approximate surface area is 157 Å². The molecule has 0 radical (unpaired) electrons. The summed E-state index contributed by atoms with van der Waals surface area (Å²) in [5.74, 6) is -0.356. The summed E-state index contributed by atoms with van der Waals surface area (Å²) in [5.41, 5.74) is 0.965. The molecule has 0 amide bonds. The molecule has 3 aromatic rings. The van der Waals surface area contributed by atoms with E-state index in [-0.39, 0.29) is 10.7 Å². The minimum absolute atomic E-state index is 0.0481. The summed E-state index contributed by atoms with van der Waals surface area (Å²) >= 11 is 9.14. The number of halogens is 3. The van der Waals surface area contributed by atoms with E-state index >= 15 is 0 Å². The molecule has 25 heavy (non-hydrogen) atoms. The van der Waals surface area contributed by atoms with Crippen molar-refractivity contribution in [3.05, 3.63) is 75.6 Å². The van der Waals surface area contributed by atoms with Crippen LogP contribution in [0.2, 0.25) is 5.02 Å².